The molecular formula is C32H34N4O6S. The molecule has 1 atom stereocenters. The number of ether oxygens (including phenoxy) is 5. The highest BCUT2D eigenvalue weighted by Crippen LogP contribution is 2.39. The molecule has 0 bridgehead atoms. The van der Waals surface area contributed by atoms with E-state index in [1.807, 2.05) is 64.1 Å². The van der Waals surface area contributed by atoms with E-state index in [0.29, 0.717) is 69.8 Å². The number of aryl methyl sites for hydroxylation is 1. The topological polar surface area (TPSA) is 135 Å². The van der Waals surface area contributed by atoms with Gasteiger partial charge in [0, 0.05) is 16.9 Å². The van der Waals surface area contributed by atoms with Crippen LogP contribution >= 0.6 is 11.8 Å². The number of aromatic nitrogens is 2. The van der Waals surface area contributed by atoms with Crippen molar-refractivity contribution >= 4 is 17.6 Å². The van der Waals surface area contributed by atoms with E-state index < -0.39 is 5.79 Å². The summed E-state index contributed by atoms with van der Waals surface area (Å²) in [5.41, 5.74) is 10.5. The molecule has 3 heterocycles. The van der Waals surface area contributed by atoms with E-state index in [1.54, 1.807) is 20.3 Å². The first kappa shape index (κ1) is 30.2. The summed E-state index contributed by atoms with van der Waals surface area (Å²) in [6.07, 6.45) is -0.135. The summed E-state index contributed by atoms with van der Waals surface area (Å²) in [6, 6.07) is 15.3. The van der Waals surface area contributed by atoms with Gasteiger partial charge in [-0.2, -0.15) is 5.26 Å². The van der Waals surface area contributed by atoms with Crippen molar-refractivity contribution in [1.29, 1.82) is 5.26 Å². The number of nitrogens with two attached hydrogens (primary N) is 1. The van der Waals surface area contributed by atoms with E-state index in [-0.39, 0.29) is 6.10 Å². The molecule has 1 saturated heterocycles. The van der Waals surface area contributed by atoms with Gasteiger partial charge in [-0.05, 0) is 63.6 Å². The Morgan fingerprint density at radius 1 is 1.07 bits per heavy atom. The van der Waals surface area contributed by atoms with Crippen molar-refractivity contribution in [2.24, 2.45) is 0 Å². The van der Waals surface area contributed by atoms with Crippen LogP contribution in [0.1, 0.15) is 36.4 Å². The zero-order valence-electron chi connectivity index (χ0n) is 25.0. The lowest BCUT2D eigenvalue weighted by molar-refractivity contribution is -0.141. The van der Waals surface area contributed by atoms with Crippen molar-refractivity contribution in [1.82, 2.24) is 9.97 Å². The number of thioether (sulfide) groups is 1. The minimum absolute atomic E-state index is 0.135. The Labute approximate surface area is 255 Å². The van der Waals surface area contributed by atoms with Crippen LogP contribution in [0.3, 0.4) is 0 Å². The Hall–Kier alpha value is -4.24. The van der Waals surface area contributed by atoms with Gasteiger partial charge in [0.1, 0.15) is 52.6 Å². The minimum Gasteiger partial charge on any atom is -0.497 e. The van der Waals surface area contributed by atoms with E-state index in [1.165, 1.54) is 11.8 Å². The average molecular weight is 603 g/mol. The van der Waals surface area contributed by atoms with Crippen LogP contribution in [0, 0.1) is 25.2 Å². The lowest BCUT2D eigenvalue weighted by Gasteiger charge is -2.17. The summed E-state index contributed by atoms with van der Waals surface area (Å²) >= 11 is 1.38. The fraction of sp³-hybridized carbons (Fsp3) is 0.344. The van der Waals surface area contributed by atoms with E-state index in [0.717, 1.165) is 22.4 Å². The van der Waals surface area contributed by atoms with Gasteiger partial charge in [-0.15, -0.1) is 0 Å². The SMILES string of the molecule is COc1ccc(OC)c(-c2nc(CSc3nc(N)c(C)c(-c4ccc(OC[C@@H]5COC(C)(C)O5)cc4)c3C#N)c(C)o2)c1. The van der Waals surface area contributed by atoms with Gasteiger partial charge in [-0.25, -0.2) is 9.97 Å². The normalized spacial score (nSPS) is 15.7. The maximum Gasteiger partial charge on any atom is 0.230 e. The monoisotopic (exact) mass is 602 g/mol. The van der Waals surface area contributed by atoms with Crippen molar-refractivity contribution in [2.75, 3.05) is 33.2 Å². The van der Waals surface area contributed by atoms with Crippen LogP contribution < -0.4 is 19.9 Å². The predicted octanol–water partition coefficient (Wildman–Crippen LogP) is 6.31. The first-order valence-electron chi connectivity index (χ1n) is 13.7. The highest BCUT2D eigenvalue weighted by molar-refractivity contribution is 7.98. The number of nitrogens with zero attached hydrogens (tertiary/aromatic N) is 3. The number of pyridine rings is 1. The summed E-state index contributed by atoms with van der Waals surface area (Å²) in [5.74, 6) is 3.21. The molecule has 10 nitrogen and oxygen atoms in total. The smallest absolute Gasteiger partial charge is 0.230 e. The predicted molar refractivity (Wildman–Crippen MR) is 163 cm³/mol. The zero-order chi connectivity index (χ0) is 30.7. The number of nitrogen functional groups attached to an aromatic ring is 1. The maximum absolute atomic E-state index is 10.2. The molecule has 5 rings (SSSR count). The molecule has 43 heavy (non-hydrogen) atoms. The molecule has 0 amide bonds. The van der Waals surface area contributed by atoms with Crippen LogP contribution in [-0.2, 0) is 15.2 Å². The lowest BCUT2D eigenvalue weighted by atomic mass is 9.97. The van der Waals surface area contributed by atoms with Gasteiger partial charge in [-0.1, -0.05) is 23.9 Å². The lowest BCUT2D eigenvalue weighted by Crippen LogP contribution is -2.25. The summed E-state index contributed by atoms with van der Waals surface area (Å²) in [7, 11) is 3.19. The number of benzene rings is 2. The molecule has 1 fully saturated rings. The summed E-state index contributed by atoms with van der Waals surface area (Å²) in [4.78, 5) is 9.29. The van der Waals surface area contributed by atoms with Crippen molar-refractivity contribution in [3.05, 3.63) is 65.0 Å². The van der Waals surface area contributed by atoms with Gasteiger partial charge in [0.05, 0.1) is 37.6 Å². The molecule has 0 spiro atoms. The van der Waals surface area contributed by atoms with E-state index in [4.69, 9.17) is 38.8 Å². The molecule has 1 aliphatic rings. The maximum atomic E-state index is 10.2. The van der Waals surface area contributed by atoms with Crippen LogP contribution in [0.15, 0.2) is 51.9 Å². The number of anilines is 1. The third kappa shape index (κ3) is 6.57. The fourth-order valence-corrected chi connectivity index (χ4v) is 5.78. The molecule has 2 N–H and O–H groups in total. The van der Waals surface area contributed by atoms with Crippen molar-refractivity contribution < 1.29 is 28.1 Å². The first-order valence-corrected chi connectivity index (χ1v) is 14.7. The van der Waals surface area contributed by atoms with E-state index >= 15 is 0 Å². The Kier molecular flexibility index (Phi) is 8.82. The number of hydrogen-bond donors (Lipinski definition) is 1. The van der Waals surface area contributed by atoms with Gasteiger partial charge in [-0.3, -0.25) is 0 Å². The van der Waals surface area contributed by atoms with Crippen LogP contribution in [0.25, 0.3) is 22.6 Å². The third-order valence-electron chi connectivity index (χ3n) is 7.08. The van der Waals surface area contributed by atoms with E-state index in [9.17, 15) is 5.26 Å². The Morgan fingerprint density at radius 2 is 1.81 bits per heavy atom. The number of oxazole rings is 1. The number of hydrogen-bond acceptors (Lipinski definition) is 11. The molecule has 11 heteroatoms. The van der Waals surface area contributed by atoms with Crippen LogP contribution in [0.4, 0.5) is 5.82 Å². The summed E-state index contributed by atoms with van der Waals surface area (Å²) in [5, 5.41) is 10.8. The Bertz CT molecular complexity index is 1660. The number of methoxy groups -OCH3 is 2. The van der Waals surface area contributed by atoms with Crippen LogP contribution in [-0.4, -0.2) is 49.3 Å². The highest BCUT2D eigenvalue weighted by atomic mass is 32.2. The van der Waals surface area contributed by atoms with Gasteiger partial charge in [0.2, 0.25) is 5.89 Å². The Balaban J connectivity index is 1.36. The third-order valence-corrected chi connectivity index (χ3v) is 8.07. The molecule has 1 aliphatic heterocycles. The second-order valence-electron chi connectivity index (χ2n) is 10.5. The number of nitriles is 1. The molecular weight excluding hydrogens is 568 g/mol. The summed E-state index contributed by atoms with van der Waals surface area (Å²) < 4.78 is 34.2. The van der Waals surface area contributed by atoms with E-state index in [2.05, 4.69) is 11.1 Å². The van der Waals surface area contributed by atoms with Gasteiger partial charge < -0.3 is 33.8 Å². The molecule has 0 saturated carbocycles. The van der Waals surface area contributed by atoms with Gasteiger partial charge >= 0.3 is 0 Å². The standard InChI is InChI=1S/C32H34N4O6S/c1-18-28(20-7-9-21(10-8-20)39-15-23-16-40-32(3,4)42-23)25(14-33)31(36-29(18)34)43-17-26-19(2)41-30(35-26)24-13-22(37-5)11-12-27(24)38-6/h7-13,23H,15-17H2,1-6H3,(H2,34,36)/t23-/m1/s1. The molecule has 0 unspecified atom stereocenters. The van der Waals surface area contributed by atoms with Crippen LogP contribution in [0.2, 0.25) is 0 Å². The minimum atomic E-state index is -0.599. The molecule has 0 radical (unpaired) electrons. The summed E-state index contributed by atoms with van der Waals surface area (Å²) in [6.45, 7) is 8.34. The molecule has 0 aliphatic carbocycles. The molecule has 224 valence electrons. The van der Waals surface area contributed by atoms with Gasteiger partial charge in [0.15, 0.2) is 5.79 Å². The average Bonchev–Trinajstić information content (AvgIpc) is 3.56. The molecule has 2 aromatic carbocycles. The zero-order valence-corrected chi connectivity index (χ0v) is 25.8. The van der Waals surface area contributed by atoms with Crippen molar-refractivity contribution in [3.63, 3.8) is 0 Å². The van der Waals surface area contributed by atoms with Gasteiger partial charge in [0.25, 0.3) is 0 Å². The molecule has 4 aromatic rings. The van der Waals surface area contributed by atoms with Crippen molar-refractivity contribution in [3.8, 4) is 45.9 Å². The van der Waals surface area contributed by atoms with Crippen LogP contribution in [0.5, 0.6) is 17.2 Å². The first-order chi connectivity index (χ1) is 20.6. The largest absolute Gasteiger partial charge is 0.497 e. The fourth-order valence-electron chi connectivity index (χ4n) is 4.79. The molecule has 2 aromatic heterocycles. The highest BCUT2D eigenvalue weighted by Gasteiger charge is 2.33. The second-order valence-corrected chi connectivity index (χ2v) is 11.4. The quantitative estimate of drug-likeness (QED) is 0.204. The second kappa shape index (κ2) is 12.6. The number of rotatable bonds is 10. The Morgan fingerprint density at radius 3 is 2.47 bits per heavy atom. The van der Waals surface area contributed by atoms with Crippen molar-refractivity contribution in [2.45, 2.75) is 50.4 Å².